The predicted molar refractivity (Wildman–Crippen MR) is 66.2 cm³/mol. The zero-order valence-electron chi connectivity index (χ0n) is 9.34. The number of rotatable bonds is 3. The second-order valence-electron chi connectivity index (χ2n) is 4.00. The first kappa shape index (κ1) is 12.6. The summed E-state index contributed by atoms with van der Waals surface area (Å²) in [5.41, 5.74) is -0.393. The second kappa shape index (κ2) is 4.77. The van der Waals surface area contributed by atoms with E-state index in [2.05, 4.69) is 0 Å². The van der Waals surface area contributed by atoms with Gasteiger partial charge in [0.25, 0.3) is 5.69 Å². The molecule has 0 N–H and O–H groups in total. The van der Waals surface area contributed by atoms with E-state index >= 15 is 0 Å². The number of hydrogen-bond donors (Lipinski definition) is 0. The summed E-state index contributed by atoms with van der Waals surface area (Å²) in [4.78, 5) is 22.1. The van der Waals surface area contributed by atoms with E-state index in [1.165, 1.54) is 0 Å². The third kappa shape index (κ3) is 2.21. The molecule has 0 unspecified atom stereocenters. The van der Waals surface area contributed by atoms with Crippen molar-refractivity contribution in [3.05, 3.63) is 37.4 Å². The first-order chi connectivity index (χ1) is 8.50. The van der Waals surface area contributed by atoms with E-state index in [0.717, 1.165) is 25.0 Å². The molecule has 1 aliphatic heterocycles. The van der Waals surface area contributed by atoms with Gasteiger partial charge in [0.05, 0.1) is 20.9 Å². The molecule has 0 amide bonds. The number of benzene rings is 1. The Labute approximate surface area is 107 Å². The van der Waals surface area contributed by atoms with Crippen molar-refractivity contribution in [1.29, 1.82) is 0 Å². The van der Waals surface area contributed by atoms with Gasteiger partial charge in [-0.25, -0.2) is 0 Å². The van der Waals surface area contributed by atoms with Crippen LogP contribution < -0.4 is 4.90 Å². The highest BCUT2D eigenvalue weighted by molar-refractivity contribution is 6.34. The normalized spacial score (nSPS) is 14.8. The molecule has 1 fully saturated rings. The van der Waals surface area contributed by atoms with Crippen LogP contribution in [0.3, 0.4) is 0 Å². The fraction of sp³-hybridized carbons (Fsp3) is 0.400. The van der Waals surface area contributed by atoms with Crippen molar-refractivity contribution < 1.29 is 9.85 Å². The Morgan fingerprint density at radius 3 is 2.22 bits per heavy atom. The molecule has 1 aliphatic rings. The molecule has 1 heterocycles. The van der Waals surface area contributed by atoms with Crippen LogP contribution in [-0.4, -0.2) is 22.9 Å². The van der Waals surface area contributed by atoms with Gasteiger partial charge in [-0.1, -0.05) is 11.6 Å². The van der Waals surface area contributed by atoms with Crippen LogP contribution in [0.15, 0.2) is 12.1 Å². The fourth-order valence-electron chi connectivity index (χ4n) is 2.07. The molecule has 0 saturated carbocycles. The average molecular weight is 272 g/mol. The number of non-ortho nitro benzene ring substituents is 1. The van der Waals surface area contributed by atoms with Gasteiger partial charge in [-0.05, 0) is 12.8 Å². The topological polar surface area (TPSA) is 89.5 Å². The van der Waals surface area contributed by atoms with Gasteiger partial charge in [0.2, 0.25) is 0 Å². The Bertz CT molecular complexity index is 514. The molecule has 18 heavy (non-hydrogen) atoms. The zero-order chi connectivity index (χ0) is 13.3. The van der Waals surface area contributed by atoms with Crippen LogP contribution in [0.1, 0.15) is 12.8 Å². The molecular weight excluding hydrogens is 262 g/mol. The maximum Gasteiger partial charge on any atom is 0.300 e. The van der Waals surface area contributed by atoms with Crippen LogP contribution in [0.2, 0.25) is 5.02 Å². The molecule has 8 heteroatoms. The van der Waals surface area contributed by atoms with E-state index in [9.17, 15) is 20.2 Å². The number of nitro benzene ring substituents is 2. The summed E-state index contributed by atoms with van der Waals surface area (Å²) >= 11 is 5.95. The standard InChI is InChI=1S/C10H10ClN3O4/c11-8-5-7(13(15)16)6-9(14(17)18)10(8)12-3-1-2-4-12/h5-6H,1-4H2. The molecule has 1 saturated heterocycles. The van der Waals surface area contributed by atoms with Gasteiger partial charge in [-0.2, -0.15) is 0 Å². The molecule has 2 rings (SSSR count). The highest BCUT2D eigenvalue weighted by Crippen LogP contribution is 2.40. The van der Waals surface area contributed by atoms with Crippen molar-refractivity contribution in [2.45, 2.75) is 12.8 Å². The Morgan fingerprint density at radius 2 is 1.72 bits per heavy atom. The monoisotopic (exact) mass is 271 g/mol. The lowest BCUT2D eigenvalue weighted by atomic mass is 10.2. The van der Waals surface area contributed by atoms with E-state index < -0.39 is 9.85 Å². The molecule has 0 aromatic heterocycles. The van der Waals surface area contributed by atoms with Crippen LogP contribution in [0.4, 0.5) is 17.1 Å². The molecule has 1 aromatic carbocycles. The Morgan fingerprint density at radius 1 is 1.11 bits per heavy atom. The molecule has 0 spiro atoms. The van der Waals surface area contributed by atoms with E-state index in [0.29, 0.717) is 13.1 Å². The lowest BCUT2D eigenvalue weighted by Crippen LogP contribution is -2.19. The van der Waals surface area contributed by atoms with Gasteiger partial charge in [-0.3, -0.25) is 20.2 Å². The number of halogens is 1. The summed E-state index contributed by atoms with van der Waals surface area (Å²) in [6, 6.07) is 2.11. The first-order valence-electron chi connectivity index (χ1n) is 5.38. The van der Waals surface area contributed by atoms with Gasteiger partial charge >= 0.3 is 5.69 Å². The van der Waals surface area contributed by atoms with E-state index in [1.54, 1.807) is 4.90 Å². The largest absolute Gasteiger partial charge is 0.365 e. The molecule has 0 atom stereocenters. The maximum absolute atomic E-state index is 11.0. The van der Waals surface area contributed by atoms with Gasteiger partial charge in [0.15, 0.2) is 0 Å². The van der Waals surface area contributed by atoms with Crippen LogP contribution in [0, 0.1) is 20.2 Å². The van der Waals surface area contributed by atoms with Gasteiger partial charge in [0, 0.05) is 19.2 Å². The SMILES string of the molecule is O=[N+]([O-])c1cc(Cl)c(N2CCCC2)c([N+](=O)[O-])c1. The molecule has 0 bridgehead atoms. The predicted octanol–water partition coefficient (Wildman–Crippen LogP) is 2.76. The minimum atomic E-state index is -0.688. The number of nitro groups is 2. The highest BCUT2D eigenvalue weighted by atomic mass is 35.5. The van der Waals surface area contributed by atoms with Gasteiger partial charge < -0.3 is 4.90 Å². The summed E-state index contributed by atoms with van der Waals surface area (Å²) in [6.45, 7) is 1.36. The van der Waals surface area contributed by atoms with Crippen LogP contribution in [0.5, 0.6) is 0 Å². The van der Waals surface area contributed by atoms with Crippen molar-refractivity contribution in [2.75, 3.05) is 18.0 Å². The van der Waals surface area contributed by atoms with Gasteiger partial charge in [0.1, 0.15) is 5.69 Å². The molecule has 0 radical (unpaired) electrons. The minimum Gasteiger partial charge on any atom is -0.365 e. The zero-order valence-corrected chi connectivity index (χ0v) is 10.1. The minimum absolute atomic E-state index is 0.0535. The number of hydrogen-bond acceptors (Lipinski definition) is 5. The fourth-order valence-corrected chi connectivity index (χ4v) is 2.40. The van der Waals surface area contributed by atoms with Crippen molar-refractivity contribution in [1.82, 2.24) is 0 Å². The summed E-state index contributed by atoms with van der Waals surface area (Å²) in [7, 11) is 0. The van der Waals surface area contributed by atoms with Crippen LogP contribution >= 0.6 is 11.6 Å². The van der Waals surface area contributed by atoms with Crippen LogP contribution in [-0.2, 0) is 0 Å². The summed E-state index contributed by atoms with van der Waals surface area (Å²) in [5.74, 6) is 0. The molecular formula is C10H10ClN3O4. The number of anilines is 1. The highest BCUT2D eigenvalue weighted by Gasteiger charge is 2.28. The van der Waals surface area contributed by atoms with E-state index in [4.69, 9.17) is 11.6 Å². The molecule has 96 valence electrons. The smallest absolute Gasteiger partial charge is 0.300 e. The molecule has 7 nitrogen and oxygen atoms in total. The third-order valence-corrected chi connectivity index (χ3v) is 3.15. The summed E-state index contributed by atoms with van der Waals surface area (Å²) in [5, 5.41) is 21.7. The van der Waals surface area contributed by atoms with E-state index in [1.807, 2.05) is 0 Å². The van der Waals surface area contributed by atoms with Crippen molar-refractivity contribution in [3.8, 4) is 0 Å². The third-order valence-electron chi connectivity index (χ3n) is 2.86. The average Bonchev–Trinajstić information content (AvgIpc) is 2.80. The maximum atomic E-state index is 11.0. The Hall–Kier alpha value is -1.89. The molecule has 0 aliphatic carbocycles. The Kier molecular flexibility index (Phi) is 3.33. The summed E-state index contributed by atoms with van der Waals surface area (Å²) in [6.07, 6.45) is 1.87. The van der Waals surface area contributed by atoms with Crippen LogP contribution in [0.25, 0.3) is 0 Å². The second-order valence-corrected chi connectivity index (χ2v) is 4.41. The lowest BCUT2D eigenvalue weighted by Gasteiger charge is -2.18. The van der Waals surface area contributed by atoms with Crippen molar-refractivity contribution in [3.63, 3.8) is 0 Å². The lowest BCUT2D eigenvalue weighted by molar-refractivity contribution is -0.393. The molecule has 1 aromatic rings. The number of nitrogens with zero attached hydrogens (tertiary/aromatic N) is 3. The van der Waals surface area contributed by atoms with Crippen molar-refractivity contribution in [2.24, 2.45) is 0 Å². The first-order valence-corrected chi connectivity index (χ1v) is 5.76. The summed E-state index contributed by atoms with van der Waals surface area (Å²) < 4.78 is 0. The van der Waals surface area contributed by atoms with Crippen molar-refractivity contribution >= 4 is 28.7 Å². The quantitative estimate of drug-likeness (QED) is 0.623. The Balaban J connectivity index is 2.56. The van der Waals surface area contributed by atoms with Gasteiger partial charge in [-0.15, -0.1) is 0 Å². The van der Waals surface area contributed by atoms with E-state index in [-0.39, 0.29) is 22.1 Å².